The van der Waals surface area contributed by atoms with Gasteiger partial charge in [-0.1, -0.05) is 0 Å². The number of aliphatic imine (C=N–C) groups is 1. The highest BCUT2D eigenvalue weighted by Crippen LogP contribution is 2.26. The summed E-state index contributed by atoms with van der Waals surface area (Å²) in [5.74, 6) is -2.94. The van der Waals surface area contributed by atoms with E-state index in [1.165, 1.54) is 0 Å². The molecule has 0 spiro atoms. The fourth-order valence-corrected chi connectivity index (χ4v) is 1.55. The van der Waals surface area contributed by atoms with Crippen LogP contribution in [0.2, 0.25) is 0 Å². The van der Waals surface area contributed by atoms with Gasteiger partial charge in [-0.15, -0.1) is 0 Å². The number of rotatable bonds is 1. The topological polar surface area (TPSA) is 88.5 Å². The van der Waals surface area contributed by atoms with Crippen molar-refractivity contribution >= 4 is 21.9 Å². The van der Waals surface area contributed by atoms with Gasteiger partial charge in [-0.2, -0.15) is 5.43 Å². The number of benzene rings is 1. The fourth-order valence-electron chi connectivity index (χ4n) is 1.32. The van der Waals surface area contributed by atoms with E-state index in [0.717, 1.165) is 12.1 Å². The summed E-state index contributed by atoms with van der Waals surface area (Å²) in [7, 11) is 0. The van der Waals surface area contributed by atoms with Crippen molar-refractivity contribution in [2.45, 2.75) is 5.79 Å². The van der Waals surface area contributed by atoms with Crippen LogP contribution in [0.4, 0.5) is 8.78 Å². The van der Waals surface area contributed by atoms with Crippen molar-refractivity contribution in [1.82, 2.24) is 10.9 Å². The minimum Gasteiger partial charge on any atom is -0.369 e. The molecular formula is C8H8BrF2N5. The lowest BCUT2D eigenvalue weighted by Crippen LogP contribution is -2.50. The van der Waals surface area contributed by atoms with Crippen LogP contribution in [0, 0.1) is 11.6 Å². The van der Waals surface area contributed by atoms with Gasteiger partial charge in [0, 0.05) is 5.56 Å². The zero-order valence-corrected chi connectivity index (χ0v) is 9.48. The van der Waals surface area contributed by atoms with E-state index < -0.39 is 17.4 Å². The highest BCUT2D eigenvalue weighted by molar-refractivity contribution is 9.10. The minimum atomic E-state index is -1.47. The molecule has 1 atom stereocenters. The number of hydrogen-bond donors (Lipinski definition) is 4. The lowest BCUT2D eigenvalue weighted by Gasteiger charge is -2.20. The van der Waals surface area contributed by atoms with E-state index in [-0.39, 0.29) is 16.0 Å². The van der Waals surface area contributed by atoms with Crippen LogP contribution in [-0.4, -0.2) is 5.96 Å². The molecule has 0 saturated heterocycles. The average Bonchev–Trinajstić information content (AvgIpc) is 2.56. The van der Waals surface area contributed by atoms with Crippen LogP contribution in [-0.2, 0) is 5.79 Å². The molecule has 1 aromatic rings. The Morgan fingerprint density at radius 1 is 1.31 bits per heavy atom. The standard InChI is InChI=1S/C8H8BrF2N5/c9-6-4(10)1-3(2-5(6)11)8(13)14-7(12)15-16-8/h1-2,16H,13H2,(H3,12,14,15). The predicted octanol–water partition coefficient (Wildman–Crippen LogP) is 0.219. The first-order chi connectivity index (χ1) is 7.42. The number of halogens is 3. The molecule has 2 rings (SSSR count). The van der Waals surface area contributed by atoms with E-state index in [0.29, 0.717) is 0 Å². The number of nitrogens with one attached hydrogen (secondary N) is 2. The molecule has 0 saturated carbocycles. The number of hydrogen-bond acceptors (Lipinski definition) is 5. The summed E-state index contributed by atoms with van der Waals surface area (Å²) >= 11 is 2.76. The second-order valence-electron chi connectivity index (χ2n) is 3.27. The van der Waals surface area contributed by atoms with E-state index >= 15 is 0 Å². The summed E-state index contributed by atoms with van der Waals surface area (Å²) in [6.45, 7) is 0. The molecule has 1 unspecified atom stereocenters. The quantitative estimate of drug-likeness (QED) is 0.558. The summed E-state index contributed by atoms with van der Waals surface area (Å²) in [6, 6.07) is 2.15. The van der Waals surface area contributed by atoms with Gasteiger partial charge in [0.1, 0.15) is 11.6 Å². The Morgan fingerprint density at radius 2 is 1.88 bits per heavy atom. The van der Waals surface area contributed by atoms with Crippen LogP contribution < -0.4 is 22.3 Å². The molecule has 86 valence electrons. The van der Waals surface area contributed by atoms with Crippen LogP contribution >= 0.6 is 15.9 Å². The van der Waals surface area contributed by atoms with Crippen LogP contribution in [0.25, 0.3) is 0 Å². The van der Waals surface area contributed by atoms with Gasteiger partial charge in [0.15, 0.2) is 0 Å². The predicted molar refractivity (Wildman–Crippen MR) is 57.8 cm³/mol. The lowest BCUT2D eigenvalue weighted by atomic mass is 10.1. The van der Waals surface area contributed by atoms with Crippen LogP contribution in [0.1, 0.15) is 5.56 Å². The molecule has 8 heteroatoms. The maximum Gasteiger partial charge on any atom is 0.209 e. The van der Waals surface area contributed by atoms with Crippen LogP contribution in [0.3, 0.4) is 0 Å². The zero-order chi connectivity index (χ0) is 11.9. The molecule has 0 aromatic heterocycles. The fraction of sp³-hybridized carbons (Fsp3) is 0.125. The van der Waals surface area contributed by atoms with Crippen LogP contribution in [0.5, 0.6) is 0 Å². The second-order valence-corrected chi connectivity index (χ2v) is 4.06. The van der Waals surface area contributed by atoms with Crippen molar-refractivity contribution in [3.05, 3.63) is 33.8 Å². The van der Waals surface area contributed by atoms with Crippen LogP contribution in [0.15, 0.2) is 21.6 Å². The Morgan fingerprint density at radius 3 is 2.31 bits per heavy atom. The molecule has 16 heavy (non-hydrogen) atoms. The Kier molecular flexibility index (Phi) is 2.56. The Labute approximate surface area is 98.0 Å². The third-order valence-electron chi connectivity index (χ3n) is 2.10. The smallest absolute Gasteiger partial charge is 0.209 e. The highest BCUT2D eigenvalue weighted by Gasteiger charge is 2.32. The number of nitrogens with zero attached hydrogens (tertiary/aromatic N) is 1. The molecule has 1 aromatic carbocycles. The van der Waals surface area contributed by atoms with E-state index in [9.17, 15) is 8.78 Å². The van der Waals surface area contributed by atoms with E-state index in [2.05, 4.69) is 31.8 Å². The van der Waals surface area contributed by atoms with E-state index in [1.54, 1.807) is 0 Å². The lowest BCUT2D eigenvalue weighted by molar-refractivity contribution is 0.370. The zero-order valence-electron chi connectivity index (χ0n) is 7.89. The van der Waals surface area contributed by atoms with Crippen molar-refractivity contribution in [2.75, 3.05) is 0 Å². The van der Waals surface area contributed by atoms with Crippen molar-refractivity contribution < 1.29 is 8.78 Å². The summed E-state index contributed by atoms with van der Waals surface area (Å²) < 4.78 is 26.3. The maximum absolute atomic E-state index is 13.3. The first kappa shape index (κ1) is 11.2. The summed E-state index contributed by atoms with van der Waals surface area (Å²) in [4.78, 5) is 3.80. The van der Waals surface area contributed by atoms with Gasteiger partial charge in [0.25, 0.3) is 0 Å². The number of hydrazine groups is 1. The number of guanidine groups is 1. The normalized spacial score (nSPS) is 24.1. The van der Waals surface area contributed by atoms with Gasteiger partial charge in [-0.05, 0) is 28.1 Å². The van der Waals surface area contributed by atoms with Gasteiger partial charge >= 0.3 is 0 Å². The molecule has 0 aliphatic carbocycles. The molecule has 0 radical (unpaired) electrons. The largest absolute Gasteiger partial charge is 0.369 e. The van der Waals surface area contributed by atoms with E-state index in [4.69, 9.17) is 11.5 Å². The maximum atomic E-state index is 13.3. The SMILES string of the molecule is NC1=NC(N)(c2cc(F)c(Br)c(F)c2)NN1. The molecule has 1 heterocycles. The van der Waals surface area contributed by atoms with Gasteiger partial charge in [-0.3, -0.25) is 11.2 Å². The van der Waals surface area contributed by atoms with Crippen molar-refractivity contribution in [3.63, 3.8) is 0 Å². The van der Waals surface area contributed by atoms with Gasteiger partial charge in [0.2, 0.25) is 11.7 Å². The van der Waals surface area contributed by atoms with Crippen molar-refractivity contribution in [1.29, 1.82) is 0 Å². The molecule has 0 fully saturated rings. The first-order valence-electron chi connectivity index (χ1n) is 4.25. The molecule has 1 aliphatic rings. The molecular weight excluding hydrogens is 284 g/mol. The van der Waals surface area contributed by atoms with Crippen molar-refractivity contribution in [2.24, 2.45) is 16.5 Å². The molecule has 0 amide bonds. The monoisotopic (exact) mass is 291 g/mol. The Hall–Kier alpha value is -1.25. The summed E-state index contributed by atoms with van der Waals surface area (Å²) in [6.07, 6.45) is 0. The number of nitrogens with two attached hydrogens (primary N) is 2. The van der Waals surface area contributed by atoms with E-state index in [1.807, 2.05) is 0 Å². The second kappa shape index (κ2) is 3.65. The van der Waals surface area contributed by atoms with Gasteiger partial charge < -0.3 is 5.73 Å². The third-order valence-corrected chi connectivity index (χ3v) is 2.86. The highest BCUT2D eigenvalue weighted by atomic mass is 79.9. The Balaban J connectivity index is 2.50. The molecule has 0 bridgehead atoms. The van der Waals surface area contributed by atoms with Gasteiger partial charge in [0.05, 0.1) is 4.47 Å². The molecule has 6 N–H and O–H groups in total. The van der Waals surface area contributed by atoms with Gasteiger partial charge in [-0.25, -0.2) is 13.8 Å². The molecule has 1 aliphatic heterocycles. The minimum absolute atomic E-state index is 0.0474. The molecule has 5 nitrogen and oxygen atoms in total. The third kappa shape index (κ3) is 1.75. The average molecular weight is 292 g/mol. The first-order valence-corrected chi connectivity index (χ1v) is 5.04. The summed E-state index contributed by atoms with van der Waals surface area (Å²) in [5.41, 5.74) is 16.2. The summed E-state index contributed by atoms with van der Waals surface area (Å²) in [5, 5.41) is 0. The van der Waals surface area contributed by atoms with Crippen molar-refractivity contribution in [3.8, 4) is 0 Å². The Bertz CT molecular complexity index is 454.